The van der Waals surface area contributed by atoms with Crippen LogP contribution in [0.2, 0.25) is 0 Å². The quantitative estimate of drug-likeness (QED) is 0.769. The molecule has 1 atom stereocenters. The maximum atomic E-state index is 12.6. The van der Waals surface area contributed by atoms with Gasteiger partial charge in [-0.3, -0.25) is 4.79 Å². The molecule has 0 saturated carbocycles. The Morgan fingerprint density at radius 3 is 2.11 bits per heavy atom. The van der Waals surface area contributed by atoms with Gasteiger partial charge in [-0.25, -0.2) is 0 Å². The number of nitrogens with two attached hydrogens (primary N) is 1. The molecule has 0 radical (unpaired) electrons. The van der Waals surface area contributed by atoms with E-state index >= 15 is 0 Å². The number of carbonyl (C=O) groups is 1. The molecule has 0 fully saturated rings. The molecule has 19 heavy (non-hydrogen) atoms. The van der Waals surface area contributed by atoms with E-state index in [1.807, 2.05) is 0 Å². The minimum Gasteiger partial charge on any atom is -0.496 e. The van der Waals surface area contributed by atoms with Crippen molar-refractivity contribution in [2.45, 2.75) is 20.3 Å². The van der Waals surface area contributed by atoms with Crippen LogP contribution in [0.5, 0.6) is 11.5 Å². The van der Waals surface area contributed by atoms with Crippen molar-refractivity contribution >= 4 is 5.78 Å². The van der Waals surface area contributed by atoms with Crippen LogP contribution in [0.4, 0.5) is 0 Å². The molecule has 1 aromatic carbocycles. The van der Waals surface area contributed by atoms with Crippen molar-refractivity contribution in [3.63, 3.8) is 0 Å². The van der Waals surface area contributed by atoms with Crippen LogP contribution in [0.3, 0.4) is 0 Å². The molecule has 0 saturated heterocycles. The Balaban J connectivity index is 3.15. The van der Waals surface area contributed by atoms with Crippen molar-refractivity contribution in [2.24, 2.45) is 17.6 Å². The van der Waals surface area contributed by atoms with Crippen LogP contribution in [0.15, 0.2) is 18.2 Å². The lowest BCUT2D eigenvalue weighted by Gasteiger charge is -2.19. The fourth-order valence-electron chi connectivity index (χ4n) is 2.18. The highest BCUT2D eigenvalue weighted by Crippen LogP contribution is 2.31. The molecule has 0 amide bonds. The van der Waals surface area contributed by atoms with E-state index < -0.39 is 0 Å². The molecular weight excluding hydrogens is 242 g/mol. The standard InChI is InChI=1S/C15H23NO3/c1-10(2)8-11(9-16)15(17)14-12(18-3)6-5-7-13(14)19-4/h5-7,10-11H,8-9,16H2,1-4H3. The summed E-state index contributed by atoms with van der Waals surface area (Å²) in [6, 6.07) is 5.33. The van der Waals surface area contributed by atoms with Crippen LogP contribution >= 0.6 is 0 Å². The molecule has 0 aliphatic carbocycles. The van der Waals surface area contributed by atoms with E-state index in [1.54, 1.807) is 32.4 Å². The van der Waals surface area contributed by atoms with Gasteiger partial charge in [-0.05, 0) is 24.5 Å². The van der Waals surface area contributed by atoms with Gasteiger partial charge >= 0.3 is 0 Å². The number of methoxy groups -OCH3 is 2. The second kappa shape index (κ2) is 7.14. The van der Waals surface area contributed by atoms with Crippen molar-refractivity contribution in [3.05, 3.63) is 23.8 Å². The summed E-state index contributed by atoms with van der Waals surface area (Å²) in [6.07, 6.45) is 0.760. The fourth-order valence-corrected chi connectivity index (χ4v) is 2.18. The van der Waals surface area contributed by atoms with Crippen molar-refractivity contribution in [1.29, 1.82) is 0 Å². The predicted octanol–water partition coefficient (Wildman–Crippen LogP) is 2.51. The van der Waals surface area contributed by atoms with Gasteiger partial charge in [0.25, 0.3) is 0 Å². The summed E-state index contributed by atoms with van der Waals surface area (Å²) in [5, 5.41) is 0. The average molecular weight is 265 g/mol. The second-order valence-corrected chi connectivity index (χ2v) is 4.96. The third kappa shape index (κ3) is 3.70. The smallest absolute Gasteiger partial charge is 0.174 e. The molecular formula is C15H23NO3. The largest absolute Gasteiger partial charge is 0.496 e. The minimum atomic E-state index is -0.204. The Kier molecular flexibility index (Phi) is 5.83. The third-order valence-electron chi connectivity index (χ3n) is 3.09. The molecule has 1 unspecified atom stereocenters. The van der Waals surface area contributed by atoms with Crippen LogP contribution in [0.1, 0.15) is 30.6 Å². The molecule has 0 heterocycles. The highest BCUT2D eigenvalue weighted by Gasteiger charge is 2.25. The summed E-state index contributed by atoms with van der Waals surface area (Å²) < 4.78 is 10.5. The monoisotopic (exact) mass is 265 g/mol. The number of rotatable bonds is 7. The SMILES string of the molecule is COc1cccc(OC)c1C(=O)C(CN)CC(C)C. The highest BCUT2D eigenvalue weighted by atomic mass is 16.5. The Morgan fingerprint density at radius 1 is 1.21 bits per heavy atom. The van der Waals surface area contributed by atoms with Gasteiger partial charge in [0.15, 0.2) is 5.78 Å². The van der Waals surface area contributed by atoms with E-state index in [-0.39, 0.29) is 11.7 Å². The zero-order valence-electron chi connectivity index (χ0n) is 12.1. The zero-order valence-corrected chi connectivity index (χ0v) is 12.1. The van der Waals surface area contributed by atoms with Crippen LogP contribution in [-0.2, 0) is 0 Å². The summed E-state index contributed by atoms with van der Waals surface area (Å²) >= 11 is 0. The van der Waals surface area contributed by atoms with E-state index in [0.717, 1.165) is 6.42 Å². The molecule has 4 nitrogen and oxygen atoms in total. The van der Waals surface area contributed by atoms with E-state index in [4.69, 9.17) is 15.2 Å². The molecule has 0 aliphatic rings. The number of ether oxygens (including phenoxy) is 2. The third-order valence-corrected chi connectivity index (χ3v) is 3.09. The molecule has 1 aromatic rings. The average Bonchev–Trinajstić information content (AvgIpc) is 2.42. The Hall–Kier alpha value is -1.55. The number of hydrogen-bond acceptors (Lipinski definition) is 4. The Bertz CT molecular complexity index is 407. The first-order valence-corrected chi connectivity index (χ1v) is 6.50. The normalized spacial score (nSPS) is 12.3. The summed E-state index contributed by atoms with van der Waals surface area (Å²) in [5.74, 6) is 1.27. The van der Waals surface area contributed by atoms with Crippen molar-refractivity contribution < 1.29 is 14.3 Å². The zero-order chi connectivity index (χ0) is 14.4. The van der Waals surface area contributed by atoms with E-state index in [2.05, 4.69) is 13.8 Å². The molecule has 0 bridgehead atoms. The lowest BCUT2D eigenvalue weighted by atomic mass is 9.89. The van der Waals surface area contributed by atoms with Crippen LogP contribution in [-0.4, -0.2) is 26.5 Å². The fraction of sp³-hybridized carbons (Fsp3) is 0.533. The van der Waals surface area contributed by atoms with Gasteiger partial charge in [0, 0.05) is 12.5 Å². The molecule has 0 aromatic heterocycles. The summed E-state index contributed by atoms with van der Waals surface area (Å²) in [6.45, 7) is 4.49. The van der Waals surface area contributed by atoms with Gasteiger partial charge in [-0.2, -0.15) is 0 Å². The Labute approximate surface area is 114 Å². The number of carbonyl (C=O) groups excluding carboxylic acids is 1. The van der Waals surface area contributed by atoms with Crippen LogP contribution < -0.4 is 15.2 Å². The van der Waals surface area contributed by atoms with Gasteiger partial charge in [0.2, 0.25) is 0 Å². The first-order chi connectivity index (χ1) is 9.04. The number of hydrogen-bond donors (Lipinski definition) is 1. The first kappa shape index (κ1) is 15.5. The van der Waals surface area contributed by atoms with Crippen molar-refractivity contribution in [3.8, 4) is 11.5 Å². The van der Waals surface area contributed by atoms with Crippen LogP contribution in [0, 0.1) is 11.8 Å². The summed E-state index contributed by atoms with van der Waals surface area (Å²) in [4.78, 5) is 12.6. The minimum absolute atomic E-state index is 0.00880. The van der Waals surface area contributed by atoms with Crippen molar-refractivity contribution in [1.82, 2.24) is 0 Å². The molecule has 0 spiro atoms. The molecule has 1 rings (SSSR count). The van der Waals surface area contributed by atoms with Gasteiger partial charge in [0.05, 0.1) is 14.2 Å². The lowest BCUT2D eigenvalue weighted by Crippen LogP contribution is -2.26. The lowest BCUT2D eigenvalue weighted by molar-refractivity contribution is 0.0902. The number of benzene rings is 1. The van der Waals surface area contributed by atoms with Crippen LogP contribution in [0.25, 0.3) is 0 Å². The number of Topliss-reactive ketones (excluding diaryl/α,β-unsaturated/α-hetero) is 1. The topological polar surface area (TPSA) is 61.5 Å². The second-order valence-electron chi connectivity index (χ2n) is 4.96. The first-order valence-electron chi connectivity index (χ1n) is 6.50. The van der Waals surface area contributed by atoms with E-state index in [0.29, 0.717) is 29.5 Å². The molecule has 0 aliphatic heterocycles. The van der Waals surface area contributed by atoms with Crippen molar-refractivity contribution in [2.75, 3.05) is 20.8 Å². The predicted molar refractivity (Wildman–Crippen MR) is 75.9 cm³/mol. The van der Waals surface area contributed by atoms with E-state index in [9.17, 15) is 4.79 Å². The Morgan fingerprint density at radius 2 is 1.74 bits per heavy atom. The van der Waals surface area contributed by atoms with Gasteiger partial charge in [-0.1, -0.05) is 19.9 Å². The molecule has 106 valence electrons. The maximum Gasteiger partial charge on any atom is 0.174 e. The molecule has 2 N–H and O–H groups in total. The maximum absolute atomic E-state index is 12.6. The number of ketones is 1. The summed E-state index contributed by atoms with van der Waals surface area (Å²) in [5.41, 5.74) is 6.23. The summed E-state index contributed by atoms with van der Waals surface area (Å²) in [7, 11) is 3.09. The van der Waals surface area contributed by atoms with E-state index in [1.165, 1.54) is 0 Å². The molecule has 4 heteroatoms. The van der Waals surface area contributed by atoms with Gasteiger partial charge in [0.1, 0.15) is 17.1 Å². The highest BCUT2D eigenvalue weighted by molar-refractivity contribution is 6.03. The van der Waals surface area contributed by atoms with Gasteiger partial charge < -0.3 is 15.2 Å². The van der Waals surface area contributed by atoms with Gasteiger partial charge in [-0.15, -0.1) is 0 Å².